The SMILES string of the molecule is Cc1cc(N2CC(NC(=O)c3ccc(Br)s3)CC2=O)ccc1C(=O)N1CCCC(OC(N)=O)C1. The molecule has 2 saturated heterocycles. The second kappa shape index (κ2) is 10.1. The zero-order chi connectivity index (χ0) is 24.4. The van der Waals surface area contributed by atoms with Gasteiger partial charge in [-0.15, -0.1) is 11.3 Å². The third kappa shape index (κ3) is 5.41. The maximum Gasteiger partial charge on any atom is 0.404 e. The number of hydrogen-bond acceptors (Lipinski definition) is 6. The smallest absolute Gasteiger partial charge is 0.404 e. The molecule has 4 amide bonds. The monoisotopic (exact) mass is 548 g/mol. The number of carbonyl (C=O) groups excluding carboxylic acids is 4. The fourth-order valence-electron chi connectivity index (χ4n) is 4.36. The molecule has 2 aliphatic heterocycles. The van der Waals surface area contributed by atoms with E-state index in [4.69, 9.17) is 10.5 Å². The molecule has 1 aromatic carbocycles. The van der Waals surface area contributed by atoms with Crippen LogP contribution >= 0.6 is 27.3 Å². The van der Waals surface area contributed by atoms with E-state index in [0.29, 0.717) is 42.2 Å². The predicted octanol–water partition coefficient (Wildman–Crippen LogP) is 3.05. The third-order valence-electron chi connectivity index (χ3n) is 5.96. The summed E-state index contributed by atoms with van der Waals surface area (Å²) in [7, 11) is 0. The van der Waals surface area contributed by atoms with Gasteiger partial charge in [0.1, 0.15) is 6.10 Å². The fraction of sp³-hybridized carbons (Fsp3) is 0.391. The van der Waals surface area contributed by atoms with E-state index in [9.17, 15) is 19.2 Å². The van der Waals surface area contributed by atoms with Crippen molar-refractivity contribution in [2.45, 2.75) is 38.3 Å². The van der Waals surface area contributed by atoms with Crippen molar-refractivity contribution in [1.29, 1.82) is 0 Å². The van der Waals surface area contributed by atoms with Crippen molar-refractivity contribution in [3.05, 3.63) is 50.1 Å². The number of piperidine rings is 1. The minimum atomic E-state index is -0.840. The maximum atomic E-state index is 13.1. The van der Waals surface area contributed by atoms with E-state index < -0.39 is 12.2 Å². The summed E-state index contributed by atoms with van der Waals surface area (Å²) in [5, 5.41) is 2.93. The van der Waals surface area contributed by atoms with Gasteiger partial charge in [0.2, 0.25) is 5.91 Å². The second-order valence-electron chi connectivity index (χ2n) is 8.43. The van der Waals surface area contributed by atoms with E-state index >= 15 is 0 Å². The Kier molecular flexibility index (Phi) is 7.22. The highest BCUT2D eigenvalue weighted by molar-refractivity contribution is 9.11. The Bertz CT molecular complexity index is 1140. The molecule has 2 atom stereocenters. The number of primary amides is 1. The molecule has 3 N–H and O–H groups in total. The molecule has 34 heavy (non-hydrogen) atoms. The lowest BCUT2D eigenvalue weighted by Gasteiger charge is -2.32. The van der Waals surface area contributed by atoms with Crippen LogP contribution in [-0.4, -0.2) is 60.5 Å². The Morgan fingerprint density at radius 3 is 2.68 bits per heavy atom. The first-order valence-electron chi connectivity index (χ1n) is 10.9. The summed E-state index contributed by atoms with van der Waals surface area (Å²) in [4.78, 5) is 53.1. The lowest BCUT2D eigenvalue weighted by atomic mass is 10.0. The highest BCUT2D eigenvalue weighted by Gasteiger charge is 2.33. The average molecular weight is 549 g/mol. The van der Waals surface area contributed by atoms with Crippen LogP contribution in [0.5, 0.6) is 0 Å². The van der Waals surface area contributed by atoms with Crippen molar-refractivity contribution in [2.75, 3.05) is 24.5 Å². The number of nitrogens with two attached hydrogens (primary N) is 1. The van der Waals surface area contributed by atoms with Crippen LogP contribution in [0.2, 0.25) is 0 Å². The molecule has 0 bridgehead atoms. The fourth-order valence-corrected chi connectivity index (χ4v) is 5.65. The van der Waals surface area contributed by atoms with Crippen molar-refractivity contribution in [1.82, 2.24) is 10.2 Å². The van der Waals surface area contributed by atoms with Crippen LogP contribution in [0.15, 0.2) is 34.1 Å². The van der Waals surface area contributed by atoms with Gasteiger partial charge < -0.3 is 25.6 Å². The van der Waals surface area contributed by atoms with Crippen LogP contribution < -0.4 is 16.0 Å². The topological polar surface area (TPSA) is 122 Å². The number of thiophene rings is 1. The zero-order valence-corrected chi connectivity index (χ0v) is 21.0. The minimum absolute atomic E-state index is 0.0846. The Labute approximate surface area is 209 Å². The number of nitrogens with one attached hydrogen (secondary N) is 1. The van der Waals surface area contributed by atoms with Crippen LogP contribution in [0.25, 0.3) is 0 Å². The Balaban J connectivity index is 1.41. The number of ether oxygens (including phenoxy) is 1. The highest BCUT2D eigenvalue weighted by atomic mass is 79.9. The molecule has 180 valence electrons. The summed E-state index contributed by atoms with van der Waals surface area (Å²) in [6.45, 7) is 3.07. The molecule has 1 aromatic heterocycles. The van der Waals surface area contributed by atoms with Crippen molar-refractivity contribution in [2.24, 2.45) is 5.73 Å². The number of anilines is 1. The van der Waals surface area contributed by atoms with Crippen LogP contribution in [0, 0.1) is 6.92 Å². The van der Waals surface area contributed by atoms with Gasteiger partial charge in [0.05, 0.1) is 21.3 Å². The number of benzene rings is 1. The summed E-state index contributed by atoms with van der Waals surface area (Å²) >= 11 is 4.68. The molecule has 2 aromatic rings. The Morgan fingerprint density at radius 2 is 2.00 bits per heavy atom. The van der Waals surface area contributed by atoms with E-state index in [1.165, 1.54) is 11.3 Å². The number of amides is 4. The van der Waals surface area contributed by atoms with Crippen LogP contribution in [-0.2, 0) is 9.53 Å². The molecule has 0 saturated carbocycles. The molecule has 3 heterocycles. The molecular formula is C23H25BrN4O5S. The summed E-state index contributed by atoms with van der Waals surface area (Å²) in [5.41, 5.74) is 7.07. The molecule has 2 fully saturated rings. The molecular weight excluding hydrogens is 524 g/mol. The predicted molar refractivity (Wildman–Crippen MR) is 131 cm³/mol. The number of likely N-dealkylation sites (tertiary alicyclic amines) is 1. The first kappa shape index (κ1) is 24.2. The summed E-state index contributed by atoms with van der Waals surface area (Å²) in [5.74, 6) is -0.437. The molecule has 11 heteroatoms. The number of nitrogens with zero attached hydrogens (tertiary/aromatic N) is 2. The van der Waals surface area contributed by atoms with E-state index in [1.54, 1.807) is 28.0 Å². The van der Waals surface area contributed by atoms with Crippen LogP contribution in [0.3, 0.4) is 0 Å². The van der Waals surface area contributed by atoms with Crippen molar-refractivity contribution in [3.63, 3.8) is 0 Å². The minimum Gasteiger partial charge on any atom is -0.445 e. The number of halogens is 1. The largest absolute Gasteiger partial charge is 0.445 e. The van der Waals surface area contributed by atoms with Gasteiger partial charge in [0.15, 0.2) is 0 Å². The van der Waals surface area contributed by atoms with Gasteiger partial charge in [-0.2, -0.15) is 0 Å². The normalized spacial score (nSPS) is 20.4. The first-order valence-corrected chi connectivity index (χ1v) is 12.5. The average Bonchev–Trinajstić information content (AvgIpc) is 3.38. The van der Waals surface area contributed by atoms with Crippen LogP contribution in [0.4, 0.5) is 10.5 Å². The van der Waals surface area contributed by atoms with Gasteiger partial charge in [0, 0.05) is 30.8 Å². The van der Waals surface area contributed by atoms with Crippen molar-refractivity contribution in [3.8, 4) is 0 Å². The summed E-state index contributed by atoms with van der Waals surface area (Å²) in [6.07, 6.45) is 0.363. The van der Waals surface area contributed by atoms with Gasteiger partial charge in [-0.1, -0.05) is 0 Å². The van der Waals surface area contributed by atoms with Gasteiger partial charge in [0.25, 0.3) is 11.8 Å². The molecule has 2 unspecified atom stereocenters. The van der Waals surface area contributed by atoms with Crippen molar-refractivity contribution < 1.29 is 23.9 Å². The summed E-state index contributed by atoms with van der Waals surface area (Å²) in [6, 6.07) is 8.54. The molecule has 0 aliphatic carbocycles. The number of aryl methyl sites for hydroxylation is 1. The molecule has 9 nitrogen and oxygen atoms in total. The first-order chi connectivity index (χ1) is 16.2. The van der Waals surface area contributed by atoms with Gasteiger partial charge in [-0.25, -0.2) is 4.79 Å². The number of rotatable bonds is 5. The van der Waals surface area contributed by atoms with Gasteiger partial charge >= 0.3 is 6.09 Å². The lowest BCUT2D eigenvalue weighted by molar-refractivity contribution is -0.117. The molecule has 4 rings (SSSR count). The van der Waals surface area contributed by atoms with E-state index in [-0.39, 0.29) is 30.2 Å². The maximum absolute atomic E-state index is 13.1. The second-order valence-corrected chi connectivity index (χ2v) is 10.9. The Hall–Kier alpha value is -2.92. The quantitative estimate of drug-likeness (QED) is 0.594. The van der Waals surface area contributed by atoms with E-state index in [1.807, 2.05) is 19.1 Å². The van der Waals surface area contributed by atoms with E-state index in [2.05, 4.69) is 21.2 Å². The molecule has 0 radical (unpaired) electrons. The lowest BCUT2D eigenvalue weighted by Crippen LogP contribution is -2.44. The van der Waals surface area contributed by atoms with Gasteiger partial charge in [-0.3, -0.25) is 14.4 Å². The molecule has 0 spiro atoms. The van der Waals surface area contributed by atoms with Gasteiger partial charge in [-0.05, 0) is 71.6 Å². The van der Waals surface area contributed by atoms with E-state index in [0.717, 1.165) is 15.8 Å². The molecule has 2 aliphatic rings. The summed E-state index contributed by atoms with van der Waals surface area (Å²) < 4.78 is 5.94. The van der Waals surface area contributed by atoms with Crippen LogP contribution in [0.1, 0.15) is 44.9 Å². The Morgan fingerprint density at radius 1 is 1.21 bits per heavy atom. The zero-order valence-electron chi connectivity index (χ0n) is 18.6. The number of hydrogen-bond donors (Lipinski definition) is 2. The standard InChI is InChI=1S/C23H25BrN4O5S/c1-13-9-15(4-5-17(13)22(31)27-8-2-3-16(12-27)33-23(25)32)28-11-14(10-20(28)29)26-21(30)18-6-7-19(24)34-18/h4-7,9,14,16H,2-3,8,10-12H2,1H3,(H2,25,32)(H,26,30). The van der Waals surface area contributed by atoms with Crippen molar-refractivity contribution >= 4 is 56.8 Å². The number of carbonyl (C=O) groups is 4. The highest BCUT2D eigenvalue weighted by Crippen LogP contribution is 2.27. The third-order valence-corrected chi connectivity index (χ3v) is 7.58.